The van der Waals surface area contributed by atoms with Crippen LogP contribution in [0.5, 0.6) is 17.2 Å². The maximum atomic E-state index is 13.7. The Morgan fingerprint density at radius 1 is 1.00 bits per heavy atom. The van der Waals surface area contributed by atoms with Crippen LogP contribution < -0.4 is 24.8 Å². The van der Waals surface area contributed by atoms with Crippen molar-refractivity contribution in [3.05, 3.63) is 54.0 Å². The van der Waals surface area contributed by atoms with E-state index in [4.69, 9.17) is 14.2 Å². The van der Waals surface area contributed by atoms with Crippen molar-refractivity contribution in [1.29, 1.82) is 0 Å². The van der Waals surface area contributed by atoms with Crippen molar-refractivity contribution in [3.63, 3.8) is 0 Å². The fourth-order valence-corrected chi connectivity index (χ4v) is 2.75. The van der Waals surface area contributed by atoms with Crippen molar-refractivity contribution in [2.45, 2.75) is 6.42 Å². The number of rotatable bonds is 9. The molecule has 8 nitrogen and oxygen atoms in total. The SMILES string of the molecule is COc1cc(Nc2nncc(NCCc3ccccc3F)n2)cc(OC)c1OC. The molecule has 0 aliphatic heterocycles. The minimum absolute atomic E-state index is 0.222. The van der Waals surface area contributed by atoms with Gasteiger partial charge in [0.15, 0.2) is 17.3 Å². The van der Waals surface area contributed by atoms with E-state index in [2.05, 4.69) is 25.8 Å². The molecule has 0 saturated carbocycles. The summed E-state index contributed by atoms with van der Waals surface area (Å²) in [5.74, 6) is 2.08. The lowest BCUT2D eigenvalue weighted by molar-refractivity contribution is 0.324. The molecule has 3 rings (SSSR count). The second kappa shape index (κ2) is 9.54. The molecule has 152 valence electrons. The van der Waals surface area contributed by atoms with Gasteiger partial charge in [0.1, 0.15) is 5.82 Å². The van der Waals surface area contributed by atoms with E-state index in [9.17, 15) is 4.39 Å². The number of nitrogens with zero attached hydrogens (tertiary/aromatic N) is 3. The first-order valence-corrected chi connectivity index (χ1v) is 8.88. The third-order valence-corrected chi connectivity index (χ3v) is 4.14. The Balaban J connectivity index is 1.69. The molecule has 1 heterocycles. The van der Waals surface area contributed by atoms with Crippen molar-refractivity contribution < 1.29 is 18.6 Å². The number of aromatic nitrogens is 3. The summed E-state index contributed by atoms with van der Waals surface area (Å²) in [7, 11) is 4.62. The molecule has 2 N–H and O–H groups in total. The molecule has 0 atom stereocenters. The molecule has 0 saturated heterocycles. The first-order valence-electron chi connectivity index (χ1n) is 8.88. The Kier molecular flexibility index (Phi) is 6.62. The summed E-state index contributed by atoms with van der Waals surface area (Å²) in [5.41, 5.74) is 1.28. The van der Waals surface area contributed by atoms with Gasteiger partial charge in [-0.2, -0.15) is 10.1 Å². The second-order valence-corrected chi connectivity index (χ2v) is 5.97. The zero-order valence-corrected chi connectivity index (χ0v) is 16.4. The van der Waals surface area contributed by atoms with Crippen molar-refractivity contribution in [1.82, 2.24) is 15.2 Å². The molecule has 0 fully saturated rings. The lowest BCUT2D eigenvalue weighted by Gasteiger charge is -2.14. The number of ether oxygens (including phenoxy) is 3. The zero-order valence-electron chi connectivity index (χ0n) is 16.4. The van der Waals surface area contributed by atoms with Crippen LogP contribution in [-0.4, -0.2) is 43.1 Å². The normalized spacial score (nSPS) is 10.3. The molecule has 0 aliphatic rings. The number of methoxy groups -OCH3 is 3. The molecule has 3 aromatic rings. The van der Waals surface area contributed by atoms with Crippen LogP contribution in [0, 0.1) is 5.82 Å². The van der Waals surface area contributed by atoms with E-state index in [0.29, 0.717) is 47.3 Å². The van der Waals surface area contributed by atoms with Gasteiger partial charge >= 0.3 is 0 Å². The molecule has 0 radical (unpaired) electrons. The molecular weight excluding hydrogens is 377 g/mol. The number of nitrogens with one attached hydrogen (secondary N) is 2. The highest BCUT2D eigenvalue weighted by molar-refractivity contribution is 5.65. The second-order valence-electron chi connectivity index (χ2n) is 5.97. The van der Waals surface area contributed by atoms with Crippen molar-refractivity contribution in [2.24, 2.45) is 0 Å². The summed E-state index contributed by atoms with van der Waals surface area (Å²) in [5, 5.41) is 14.1. The first-order chi connectivity index (χ1) is 14.1. The monoisotopic (exact) mass is 399 g/mol. The lowest BCUT2D eigenvalue weighted by atomic mass is 10.1. The van der Waals surface area contributed by atoms with Gasteiger partial charge < -0.3 is 24.8 Å². The average Bonchev–Trinajstić information content (AvgIpc) is 2.74. The molecule has 9 heteroatoms. The molecule has 1 aromatic heterocycles. The van der Waals surface area contributed by atoms with Crippen LogP contribution in [0.3, 0.4) is 0 Å². The van der Waals surface area contributed by atoms with Gasteiger partial charge in [-0.1, -0.05) is 18.2 Å². The van der Waals surface area contributed by atoms with Crippen molar-refractivity contribution >= 4 is 17.5 Å². The maximum Gasteiger partial charge on any atom is 0.249 e. The Hall–Kier alpha value is -3.62. The molecule has 0 unspecified atom stereocenters. The first kappa shape index (κ1) is 20.1. The van der Waals surface area contributed by atoms with Crippen LogP contribution >= 0.6 is 0 Å². The van der Waals surface area contributed by atoms with Crippen molar-refractivity contribution in [2.75, 3.05) is 38.5 Å². The van der Waals surface area contributed by atoms with Gasteiger partial charge in [0, 0.05) is 24.4 Å². The molecule has 2 aromatic carbocycles. The third-order valence-electron chi connectivity index (χ3n) is 4.14. The van der Waals surface area contributed by atoms with Crippen LogP contribution in [0.1, 0.15) is 5.56 Å². The fraction of sp³-hybridized carbons (Fsp3) is 0.250. The van der Waals surface area contributed by atoms with E-state index in [1.165, 1.54) is 19.4 Å². The van der Waals surface area contributed by atoms with Gasteiger partial charge in [0.25, 0.3) is 0 Å². The van der Waals surface area contributed by atoms with E-state index in [-0.39, 0.29) is 11.8 Å². The maximum absolute atomic E-state index is 13.7. The number of hydrogen-bond donors (Lipinski definition) is 2. The van der Waals surface area contributed by atoms with E-state index in [1.54, 1.807) is 38.5 Å². The summed E-state index contributed by atoms with van der Waals surface area (Å²) in [6, 6.07) is 10.2. The summed E-state index contributed by atoms with van der Waals surface area (Å²) in [6.07, 6.45) is 2.02. The molecule has 29 heavy (non-hydrogen) atoms. The number of anilines is 3. The lowest BCUT2D eigenvalue weighted by Crippen LogP contribution is -2.09. The minimum Gasteiger partial charge on any atom is -0.493 e. The van der Waals surface area contributed by atoms with Crippen LogP contribution in [0.2, 0.25) is 0 Å². The number of hydrogen-bond acceptors (Lipinski definition) is 8. The molecule has 0 aliphatic carbocycles. The summed E-state index contributed by atoms with van der Waals surface area (Å²) >= 11 is 0. The molecular formula is C20H22FN5O3. The van der Waals surface area contributed by atoms with Crippen molar-refractivity contribution in [3.8, 4) is 17.2 Å². The summed E-state index contributed by atoms with van der Waals surface area (Å²) in [4.78, 5) is 4.37. The standard InChI is InChI=1S/C20H22FN5O3/c1-27-16-10-14(11-17(28-2)19(16)29-3)24-20-25-18(12-23-26-20)22-9-8-13-6-4-5-7-15(13)21/h4-7,10-12H,8-9H2,1-3H3,(H2,22,24,25,26). The minimum atomic E-state index is -0.222. The highest BCUT2D eigenvalue weighted by Crippen LogP contribution is 2.40. The van der Waals surface area contributed by atoms with Crippen LogP contribution in [-0.2, 0) is 6.42 Å². The van der Waals surface area contributed by atoms with Gasteiger partial charge in [0.2, 0.25) is 11.7 Å². The van der Waals surface area contributed by atoms with Crippen LogP contribution in [0.15, 0.2) is 42.6 Å². The highest BCUT2D eigenvalue weighted by atomic mass is 19.1. The molecule has 0 amide bonds. The smallest absolute Gasteiger partial charge is 0.249 e. The van der Waals surface area contributed by atoms with E-state index >= 15 is 0 Å². The Labute approximate surface area is 168 Å². The van der Waals surface area contributed by atoms with Crippen LogP contribution in [0.4, 0.5) is 21.8 Å². The third kappa shape index (κ3) is 5.01. The largest absolute Gasteiger partial charge is 0.493 e. The van der Waals surface area contributed by atoms with E-state index in [0.717, 1.165) is 0 Å². The molecule has 0 bridgehead atoms. The zero-order chi connectivity index (χ0) is 20.6. The topological polar surface area (TPSA) is 90.4 Å². The van der Waals surface area contributed by atoms with Crippen LogP contribution in [0.25, 0.3) is 0 Å². The van der Waals surface area contributed by atoms with Gasteiger partial charge in [0.05, 0.1) is 27.5 Å². The van der Waals surface area contributed by atoms with Gasteiger partial charge in [-0.25, -0.2) is 4.39 Å². The predicted octanol–water partition coefficient (Wildman–Crippen LogP) is 3.43. The van der Waals surface area contributed by atoms with Gasteiger partial charge in [-0.05, 0) is 18.1 Å². The summed E-state index contributed by atoms with van der Waals surface area (Å²) < 4.78 is 29.7. The number of halogens is 1. The van der Waals surface area contributed by atoms with Gasteiger partial charge in [-0.15, -0.1) is 5.10 Å². The quantitative estimate of drug-likeness (QED) is 0.566. The fourth-order valence-electron chi connectivity index (χ4n) is 2.75. The average molecular weight is 399 g/mol. The highest BCUT2D eigenvalue weighted by Gasteiger charge is 2.14. The summed E-state index contributed by atoms with van der Waals surface area (Å²) in [6.45, 7) is 0.503. The molecule has 0 spiro atoms. The van der Waals surface area contributed by atoms with E-state index < -0.39 is 0 Å². The number of benzene rings is 2. The Bertz CT molecular complexity index is 945. The van der Waals surface area contributed by atoms with E-state index in [1.807, 2.05) is 6.07 Å². The Morgan fingerprint density at radius 2 is 1.72 bits per heavy atom. The predicted molar refractivity (Wildman–Crippen MR) is 108 cm³/mol. The Morgan fingerprint density at radius 3 is 2.38 bits per heavy atom. The van der Waals surface area contributed by atoms with Gasteiger partial charge in [-0.3, -0.25) is 0 Å².